The number of nitrogens with one attached hydrogen (secondary N) is 1. The number of nitrogens with zero attached hydrogens (tertiary/aromatic N) is 3. The Hall–Kier alpha value is -1.42. The van der Waals surface area contributed by atoms with Crippen molar-refractivity contribution in [3.8, 4) is 0 Å². The van der Waals surface area contributed by atoms with Crippen LogP contribution < -0.4 is 0 Å². The molecule has 1 saturated heterocycles. The van der Waals surface area contributed by atoms with Gasteiger partial charge in [0.15, 0.2) is 5.65 Å². The molecule has 2 aromatic rings. The Morgan fingerprint density at radius 3 is 2.94 bits per heavy atom. The van der Waals surface area contributed by atoms with E-state index >= 15 is 0 Å². The SMILES string of the molecule is Cc1ccnc2nc(CCN3CCCC3)[nH]c12. The monoisotopic (exact) mass is 230 g/mol. The van der Waals surface area contributed by atoms with E-state index in [9.17, 15) is 0 Å². The zero-order valence-electron chi connectivity index (χ0n) is 10.2. The van der Waals surface area contributed by atoms with Crippen LogP contribution in [0.15, 0.2) is 12.3 Å². The summed E-state index contributed by atoms with van der Waals surface area (Å²) in [6.07, 6.45) is 5.51. The molecule has 0 atom stereocenters. The molecule has 1 N–H and O–H groups in total. The van der Waals surface area contributed by atoms with Gasteiger partial charge in [-0.15, -0.1) is 0 Å². The number of aryl methyl sites for hydroxylation is 1. The Balaban J connectivity index is 1.74. The van der Waals surface area contributed by atoms with Crippen LogP contribution in [0.5, 0.6) is 0 Å². The molecular weight excluding hydrogens is 212 g/mol. The first-order chi connectivity index (χ1) is 8.33. The first-order valence-corrected chi connectivity index (χ1v) is 6.35. The number of hydrogen-bond acceptors (Lipinski definition) is 3. The van der Waals surface area contributed by atoms with Crippen molar-refractivity contribution in [3.05, 3.63) is 23.7 Å². The average molecular weight is 230 g/mol. The van der Waals surface area contributed by atoms with Gasteiger partial charge in [-0.05, 0) is 44.5 Å². The van der Waals surface area contributed by atoms with Crippen molar-refractivity contribution in [2.75, 3.05) is 19.6 Å². The summed E-state index contributed by atoms with van der Waals surface area (Å²) in [5, 5.41) is 0. The van der Waals surface area contributed by atoms with Crippen molar-refractivity contribution in [1.82, 2.24) is 19.9 Å². The number of pyridine rings is 1. The Bertz CT molecular complexity index is 511. The van der Waals surface area contributed by atoms with Crippen LogP contribution in [0.3, 0.4) is 0 Å². The number of imidazole rings is 1. The number of aromatic amines is 1. The fraction of sp³-hybridized carbons (Fsp3) is 0.538. The molecule has 0 bridgehead atoms. The lowest BCUT2D eigenvalue weighted by molar-refractivity contribution is 0.341. The molecule has 0 aliphatic carbocycles. The van der Waals surface area contributed by atoms with Crippen molar-refractivity contribution in [3.63, 3.8) is 0 Å². The molecule has 0 spiro atoms. The Kier molecular flexibility index (Phi) is 2.81. The van der Waals surface area contributed by atoms with E-state index in [0.29, 0.717) is 0 Å². The molecule has 4 nitrogen and oxygen atoms in total. The topological polar surface area (TPSA) is 44.8 Å². The molecule has 0 radical (unpaired) electrons. The van der Waals surface area contributed by atoms with Crippen molar-refractivity contribution >= 4 is 11.2 Å². The van der Waals surface area contributed by atoms with E-state index < -0.39 is 0 Å². The van der Waals surface area contributed by atoms with Crippen LogP contribution in [0, 0.1) is 6.92 Å². The Morgan fingerprint density at radius 2 is 2.18 bits per heavy atom. The summed E-state index contributed by atoms with van der Waals surface area (Å²) in [7, 11) is 0. The number of fused-ring (bicyclic) bond motifs is 1. The lowest BCUT2D eigenvalue weighted by Crippen LogP contribution is -2.22. The van der Waals surface area contributed by atoms with E-state index in [-0.39, 0.29) is 0 Å². The largest absolute Gasteiger partial charge is 0.340 e. The van der Waals surface area contributed by atoms with Gasteiger partial charge in [0.25, 0.3) is 0 Å². The van der Waals surface area contributed by atoms with E-state index in [2.05, 4.69) is 26.8 Å². The molecule has 90 valence electrons. The molecule has 3 rings (SSSR count). The lowest BCUT2D eigenvalue weighted by atomic mass is 10.3. The Labute approximate surface area is 101 Å². The number of hydrogen-bond donors (Lipinski definition) is 1. The molecule has 0 unspecified atom stereocenters. The predicted molar refractivity (Wildman–Crippen MR) is 68.0 cm³/mol. The number of rotatable bonds is 3. The minimum Gasteiger partial charge on any atom is -0.340 e. The molecule has 2 aromatic heterocycles. The summed E-state index contributed by atoms with van der Waals surface area (Å²) in [4.78, 5) is 14.7. The van der Waals surface area contributed by atoms with E-state index in [1.807, 2.05) is 12.3 Å². The quantitative estimate of drug-likeness (QED) is 0.876. The smallest absolute Gasteiger partial charge is 0.177 e. The van der Waals surface area contributed by atoms with Crippen LogP contribution in [0.1, 0.15) is 24.2 Å². The van der Waals surface area contributed by atoms with E-state index in [4.69, 9.17) is 0 Å². The summed E-state index contributed by atoms with van der Waals surface area (Å²) in [6, 6.07) is 2.02. The second kappa shape index (κ2) is 4.45. The molecule has 3 heterocycles. The van der Waals surface area contributed by atoms with Crippen molar-refractivity contribution in [2.24, 2.45) is 0 Å². The molecule has 17 heavy (non-hydrogen) atoms. The predicted octanol–water partition coefficient (Wildman–Crippen LogP) is 1.90. The first-order valence-electron chi connectivity index (χ1n) is 6.35. The molecule has 1 fully saturated rings. The lowest BCUT2D eigenvalue weighted by Gasteiger charge is -2.12. The van der Waals surface area contributed by atoms with Crippen LogP contribution in [0.2, 0.25) is 0 Å². The van der Waals surface area contributed by atoms with Gasteiger partial charge in [-0.2, -0.15) is 0 Å². The van der Waals surface area contributed by atoms with Crippen LogP contribution in [-0.2, 0) is 6.42 Å². The molecule has 1 aliphatic heterocycles. The van der Waals surface area contributed by atoms with Gasteiger partial charge in [0.1, 0.15) is 5.82 Å². The normalized spacial score (nSPS) is 17.0. The van der Waals surface area contributed by atoms with Crippen molar-refractivity contribution in [2.45, 2.75) is 26.2 Å². The number of H-pyrrole nitrogens is 1. The third-order valence-corrected chi connectivity index (χ3v) is 3.51. The van der Waals surface area contributed by atoms with Gasteiger partial charge in [0.2, 0.25) is 0 Å². The molecule has 0 saturated carbocycles. The van der Waals surface area contributed by atoms with Crippen LogP contribution in [0.4, 0.5) is 0 Å². The average Bonchev–Trinajstić information content (AvgIpc) is 2.95. The van der Waals surface area contributed by atoms with Crippen LogP contribution >= 0.6 is 0 Å². The van der Waals surface area contributed by atoms with E-state index in [1.54, 1.807) is 0 Å². The van der Waals surface area contributed by atoms with Crippen molar-refractivity contribution < 1.29 is 0 Å². The fourth-order valence-corrected chi connectivity index (χ4v) is 2.47. The van der Waals surface area contributed by atoms with Gasteiger partial charge in [0, 0.05) is 19.2 Å². The second-order valence-electron chi connectivity index (χ2n) is 4.81. The highest BCUT2D eigenvalue weighted by Crippen LogP contribution is 2.14. The van der Waals surface area contributed by atoms with Crippen LogP contribution in [-0.4, -0.2) is 39.5 Å². The summed E-state index contributed by atoms with van der Waals surface area (Å²) >= 11 is 0. The minimum atomic E-state index is 0.849. The Morgan fingerprint density at radius 1 is 1.35 bits per heavy atom. The summed E-state index contributed by atoms with van der Waals surface area (Å²) in [6.45, 7) is 5.69. The van der Waals surface area contributed by atoms with Gasteiger partial charge < -0.3 is 9.88 Å². The third kappa shape index (κ3) is 2.17. The minimum absolute atomic E-state index is 0.849. The summed E-state index contributed by atoms with van der Waals surface area (Å²) < 4.78 is 0. The maximum Gasteiger partial charge on any atom is 0.177 e. The molecule has 4 heteroatoms. The highest BCUT2D eigenvalue weighted by Gasteiger charge is 2.12. The first kappa shape index (κ1) is 10.7. The van der Waals surface area contributed by atoms with Crippen LogP contribution in [0.25, 0.3) is 11.2 Å². The zero-order chi connectivity index (χ0) is 11.7. The summed E-state index contributed by atoms with van der Waals surface area (Å²) in [5.41, 5.74) is 3.15. The highest BCUT2D eigenvalue weighted by molar-refractivity contribution is 5.74. The number of aromatic nitrogens is 3. The summed E-state index contributed by atoms with van der Waals surface area (Å²) in [5.74, 6) is 1.06. The van der Waals surface area contributed by atoms with Gasteiger partial charge in [-0.25, -0.2) is 9.97 Å². The van der Waals surface area contributed by atoms with Gasteiger partial charge >= 0.3 is 0 Å². The molecule has 0 aromatic carbocycles. The van der Waals surface area contributed by atoms with Crippen molar-refractivity contribution in [1.29, 1.82) is 0 Å². The van der Waals surface area contributed by atoms with Gasteiger partial charge in [-0.3, -0.25) is 0 Å². The molecule has 1 aliphatic rings. The molecular formula is C13H18N4. The third-order valence-electron chi connectivity index (χ3n) is 3.51. The standard InChI is InChI=1S/C13H18N4/c1-10-4-6-14-13-12(10)15-11(16-13)5-9-17-7-2-3-8-17/h4,6H,2-3,5,7-9H2,1H3,(H,14,15,16). The van der Waals surface area contributed by atoms with E-state index in [0.717, 1.165) is 30.0 Å². The fourth-order valence-electron chi connectivity index (χ4n) is 2.47. The van der Waals surface area contributed by atoms with Gasteiger partial charge in [0.05, 0.1) is 5.52 Å². The molecule has 0 amide bonds. The maximum absolute atomic E-state index is 4.54. The van der Waals surface area contributed by atoms with Gasteiger partial charge in [-0.1, -0.05) is 0 Å². The second-order valence-corrected chi connectivity index (χ2v) is 4.81. The zero-order valence-corrected chi connectivity index (χ0v) is 10.2. The maximum atomic E-state index is 4.54. The number of likely N-dealkylation sites (tertiary alicyclic amines) is 1. The van der Waals surface area contributed by atoms with E-state index in [1.165, 1.54) is 31.5 Å². The highest BCUT2D eigenvalue weighted by atomic mass is 15.1.